The van der Waals surface area contributed by atoms with Crippen molar-refractivity contribution >= 4 is 35.0 Å². The third kappa shape index (κ3) is 6.78. The molecule has 164 valence electrons. The third-order valence-electron chi connectivity index (χ3n) is 5.07. The number of piperazine rings is 1. The zero-order valence-corrected chi connectivity index (χ0v) is 17.5. The first-order valence-electron chi connectivity index (χ1n) is 10.2. The summed E-state index contributed by atoms with van der Waals surface area (Å²) in [7, 11) is 0. The monoisotopic (exact) mass is 425 g/mol. The number of rotatable bonds is 8. The highest BCUT2D eigenvalue weighted by atomic mass is 16.4. The van der Waals surface area contributed by atoms with Crippen molar-refractivity contribution in [2.75, 3.05) is 48.3 Å². The third-order valence-corrected chi connectivity index (χ3v) is 5.07. The van der Waals surface area contributed by atoms with Crippen LogP contribution >= 0.6 is 0 Å². The Labute approximate surface area is 181 Å². The van der Waals surface area contributed by atoms with Gasteiger partial charge in [-0.15, -0.1) is 0 Å². The minimum atomic E-state index is -0.991. The van der Waals surface area contributed by atoms with Crippen molar-refractivity contribution < 1.29 is 19.5 Å². The fourth-order valence-corrected chi connectivity index (χ4v) is 3.56. The number of nitrogens with one attached hydrogen (secondary N) is 2. The molecular weight excluding hydrogens is 398 g/mol. The SMILES string of the molecule is CC(=O)Nc1cccc(NC(=O)C[C@@H](CN2CCN(c3ccccn3)CC2)C(=O)O)c1. The zero-order valence-electron chi connectivity index (χ0n) is 17.5. The molecule has 0 aliphatic carbocycles. The first-order valence-corrected chi connectivity index (χ1v) is 10.2. The number of carboxylic acid groups (broad SMARTS) is 1. The van der Waals surface area contributed by atoms with Crippen LogP contribution in [0.2, 0.25) is 0 Å². The number of anilines is 3. The smallest absolute Gasteiger partial charge is 0.308 e. The van der Waals surface area contributed by atoms with Crippen molar-refractivity contribution in [1.29, 1.82) is 0 Å². The Hall–Kier alpha value is -3.46. The molecule has 0 unspecified atom stereocenters. The van der Waals surface area contributed by atoms with Crippen LogP contribution in [-0.4, -0.2) is 65.5 Å². The van der Waals surface area contributed by atoms with Gasteiger partial charge in [0, 0.05) is 63.6 Å². The number of carbonyl (C=O) groups excluding carboxylic acids is 2. The van der Waals surface area contributed by atoms with Gasteiger partial charge in [0.25, 0.3) is 0 Å². The van der Waals surface area contributed by atoms with Gasteiger partial charge in [-0.3, -0.25) is 19.3 Å². The topological polar surface area (TPSA) is 115 Å². The van der Waals surface area contributed by atoms with Crippen molar-refractivity contribution in [3.63, 3.8) is 0 Å². The van der Waals surface area contributed by atoms with Gasteiger partial charge in [-0.1, -0.05) is 12.1 Å². The lowest BCUT2D eigenvalue weighted by Crippen LogP contribution is -2.49. The number of hydrogen-bond acceptors (Lipinski definition) is 6. The van der Waals surface area contributed by atoms with Crippen molar-refractivity contribution in [3.05, 3.63) is 48.7 Å². The number of carbonyl (C=O) groups is 3. The number of carboxylic acids is 1. The molecule has 1 aliphatic rings. The maximum absolute atomic E-state index is 12.4. The molecule has 31 heavy (non-hydrogen) atoms. The van der Waals surface area contributed by atoms with Crippen LogP contribution in [0.5, 0.6) is 0 Å². The van der Waals surface area contributed by atoms with Gasteiger partial charge >= 0.3 is 5.97 Å². The minimum Gasteiger partial charge on any atom is -0.481 e. The summed E-state index contributed by atoms with van der Waals surface area (Å²) in [6.45, 7) is 4.64. The molecule has 0 bridgehead atoms. The highest BCUT2D eigenvalue weighted by Crippen LogP contribution is 2.18. The van der Waals surface area contributed by atoms with E-state index in [1.807, 2.05) is 18.2 Å². The minimum absolute atomic E-state index is 0.125. The van der Waals surface area contributed by atoms with Crippen LogP contribution in [0, 0.1) is 5.92 Å². The molecule has 0 spiro atoms. The fraction of sp³-hybridized carbons (Fsp3) is 0.364. The Morgan fingerprint density at radius 2 is 1.74 bits per heavy atom. The van der Waals surface area contributed by atoms with Gasteiger partial charge in [0.05, 0.1) is 5.92 Å². The summed E-state index contributed by atoms with van der Waals surface area (Å²) in [6, 6.07) is 12.5. The first kappa shape index (κ1) is 22.2. The molecule has 1 aromatic carbocycles. The Morgan fingerprint density at radius 3 is 2.35 bits per heavy atom. The summed E-state index contributed by atoms with van der Waals surface area (Å²) < 4.78 is 0. The van der Waals surface area contributed by atoms with E-state index in [1.165, 1.54) is 6.92 Å². The molecule has 1 saturated heterocycles. The first-order chi connectivity index (χ1) is 14.9. The molecule has 3 rings (SSSR count). The maximum Gasteiger partial charge on any atom is 0.308 e. The Balaban J connectivity index is 1.51. The number of amides is 2. The maximum atomic E-state index is 12.4. The normalized spacial score (nSPS) is 15.2. The second kappa shape index (κ2) is 10.5. The zero-order chi connectivity index (χ0) is 22.2. The summed E-state index contributed by atoms with van der Waals surface area (Å²) >= 11 is 0. The van der Waals surface area contributed by atoms with Gasteiger partial charge < -0.3 is 20.6 Å². The van der Waals surface area contributed by atoms with Crippen LogP contribution in [0.25, 0.3) is 0 Å². The van der Waals surface area contributed by atoms with E-state index in [0.717, 1.165) is 18.9 Å². The Kier molecular flexibility index (Phi) is 7.55. The van der Waals surface area contributed by atoms with E-state index >= 15 is 0 Å². The Bertz CT molecular complexity index is 913. The standard InChI is InChI=1S/C22H27N5O4/c1-16(28)24-18-5-4-6-19(14-18)25-21(29)13-17(22(30)31)15-26-9-11-27(12-10-26)20-7-2-3-8-23-20/h2-8,14,17H,9-13,15H2,1H3,(H,24,28)(H,25,29)(H,30,31)/t17-/m0/s1. The number of pyridine rings is 1. The summed E-state index contributed by atoms with van der Waals surface area (Å²) in [5, 5.41) is 15.0. The van der Waals surface area contributed by atoms with Crippen LogP contribution in [0.4, 0.5) is 17.2 Å². The molecular formula is C22H27N5O4. The van der Waals surface area contributed by atoms with E-state index in [1.54, 1.807) is 30.5 Å². The number of benzene rings is 1. The number of hydrogen-bond donors (Lipinski definition) is 3. The molecule has 2 heterocycles. The molecule has 0 saturated carbocycles. The van der Waals surface area contributed by atoms with E-state index in [9.17, 15) is 19.5 Å². The van der Waals surface area contributed by atoms with Gasteiger partial charge in [0.15, 0.2) is 0 Å². The summed E-state index contributed by atoms with van der Waals surface area (Å²) in [5.74, 6) is -1.47. The highest BCUT2D eigenvalue weighted by Gasteiger charge is 2.26. The average Bonchev–Trinajstić information content (AvgIpc) is 2.74. The van der Waals surface area contributed by atoms with E-state index in [4.69, 9.17) is 0 Å². The summed E-state index contributed by atoms with van der Waals surface area (Å²) in [6.07, 6.45) is 1.63. The van der Waals surface area contributed by atoms with E-state index in [0.29, 0.717) is 31.0 Å². The fourth-order valence-electron chi connectivity index (χ4n) is 3.56. The van der Waals surface area contributed by atoms with Crippen molar-refractivity contribution in [1.82, 2.24) is 9.88 Å². The molecule has 0 radical (unpaired) electrons. The lowest BCUT2D eigenvalue weighted by molar-refractivity contribution is -0.144. The lowest BCUT2D eigenvalue weighted by atomic mass is 10.0. The molecule has 1 atom stereocenters. The van der Waals surface area contributed by atoms with Gasteiger partial charge in [-0.05, 0) is 30.3 Å². The van der Waals surface area contributed by atoms with Gasteiger partial charge in [-0.2, -0.15) is 0 Å². The lowest BCUT2D eigenvalue weighted by Gasteiger charge is -2.36. The molecule has 2 aromatic rings. The molecule has 2 amide bonds. The largest absolute Gasteiger partial charge is 0.481 e. The van der Waals surface area contributed by atoms with Gasteiger partial charge in [0.2, 0.25) is 11.8 Å². The van der Waals surface area contributed by atoms with Crippen molar-refractivity contribution in [2.45, 2.75) is 13.3 Å². The number of nitrogens with zero attached hydrogens (tertiary/aromatic N) is 3. The predicted octanol–water partition coefficient (Wildman–Crippen LogP) is 1.89. The Morgan fingerprint density at radius 1 is 1.03 bits per heavy atom. The van der Waals surface area contributed by atoms with Crippen LogP contribution in [0.1, 0.15) is 13.3 Å². The molecule has 1 aromatic heterocycles. The summed E-state index contributed by atoms with van der Waals surface area (Å²) in [4.78, 5) is 44.0. The molecule has 9 nitrogen and oxygen atoms in total. The number of aliphatic carboxylic acids is 1. The van der Waals surface area contributed by atoms with Crippen LogP contribution in [0.3, 0.4) is 0 Å². The summed E-state index contributed by atoms with van der Waals surface area (Å²) in [5.41, 5.74) is 1.07. The van der Waals surface area contributed by atoms with E-state index < -0.39 is 11.9 Å². The van der Waals surface area contributed by atoms with E-state index in [-0.39, 0.29) is 18.2 Å². The quantitative estimate of drug-likeness (QED) is 0.592. The van der Waals surface area contributed by atoms with Crippen LogP contribution < -0.4 is 15.5 Å². The van der Waals surface area contributed by atoms with E-state index in [2.05, 4.69) is 25.4 Å². The van der Waals surface area contributed by atoms with Crippen LogP contribution in [0.15, 0.2) is 48.7 Å². The molecule has 1 fully saturated rings. The molecule has 9 heteroatoms. The van der Waals surface area contributed by atoms with Gasteiger partial charge in [0.1, 0.15) is 5.82 Å². The second-order valence-corrected chi connectivity index (χ2v) is 7.53. The molecule has 3 N–H and O–H groups in total. The number of aromatic nitrogens is 1. The highest BCUT2D eigenvalue weighted by molar-refractivity contribution is 5.94. The second-order valence-electron chi connectivity index (χ2n) is 7.53. The predicted molar refractivity (Wildman–Crippen MR) is 118 cm³/mol. The average molecular weight is 425 g/mol. The van der Waals surface area contributed by atoms with Crippen molar-refractivity contribution in [2.24, 2.45) is 5.92 Å². The molecule has 1 aliphatic heterocycles. The van der Waals surface area contributed by atoms with Gasteiger partial charge in [-0.25, -0.2) is 4.98 Å². The van der Waals surface area contributed by atoms with Crippen molar-refractivity contribution in [3.8, 4) is 0 Å². The van der Waals surface area contributed by atoms with Crippen LogP contribution in [-0.2, 0) is 14.4 Å².